The number of fused-ring (bicyclic) bond motifs is 20. The smallest absolute Gasteiger partial charge is 0.0547 e. The summed E-state index contributed by atoms with van der Waals surface area (Å²) in [7, 11) is 0. The summed E-state index contributed by atoms with van der Waals surface area (Å²) in [5.74, 6) is 0. The van der Waals surface area contributed by atoms with E-state index in [9.17, 15) is 0 Å². The third-order valence-corrected chi connectivity index (χ3v) is 13.7. The monoisotopic (exact) mass is 784 g/mol. The largest absolute Gasteiger partial charge is 0.309 e. The average Bonchev–Trinajstić information content (AvgIpc) is 3.86. The first-order valence-electron chi connectivity index (χ1n) is 21.5. The molecule has 286 valence electrons. The number of rotatable bonds is 2. The van der Waals surface area contributed by atoms with Crippen molar-refractivity contribution in [1.29, 1.82) is 0 Å². The van der Waals surface area contributed by atoms with Crippen molar-refractivity contribution < 1.29 is 0 Å². The Labute approximate surface area is 357 Å². The molecule has 0 spiro atoms. The van der Waals surface area contributed by atoms with Crippen molar-refractivity contribution in [3.8, 4) is 55.9 Å². The van der Waals surface area contributed by atoms with Gasteiger partial charge in [-0.1, -0.05) is 164 Å². The fraction of sp³-hybridized carbons (Fsp3) is 0. The fourth-order valence-electron chi connectivity index (χ4n) is 11.1. The molecule has 0 amide bonds. The van der Waals surface area contributed by atoms with Gasteiger partial charge in [0.05, 0.1) is 27.8 Å². The topological polar surface area (TPSA) is 9.86 Å². The van der Waals surface area contributed by atoms with Gasteiger partial charge in [-0.25, -0.2) is 0 Å². The van der Waals surface area contributed by atoms with Gasteiger partial charge in [0.25, 0.3) is 0 Å². The predicted octanol–water partition coefficient (Wildman–Crippen LogP) is 16.3. The van der Waals surface area contributed by atoms with Gasteiger partial charge in [0, 0.05) is 32.8 Å². The lowest BCUT2D eigenvalue weighted by atomic mass is 9.78. The summed E-state index contributed by atoms with van der Waals surface area (Å²) in [5.41, 5.74) is 16.9. The van der Waals surface area contributed by atoms with Crippen molar-refractivity contribution in [2.24, 2.45) is 0 Å². The zero-order chi connectivity index (χ0) is 40.5. The Morgan fingerprint density at radius 1 is 0.210 bits per heavy atom. The van der Waals surface area contributed by atoms with Gasteiger partial charge < -0.3 is 9.13 Å². The zero-order valence-corrected chi connectivity index (χ0v) is 33.7. The maximum Gasteiger partial charge on any atom is 0.0547 e. The van der Waals surface area contributed by atoms with Crippen LogP contribution in [0.1, 0.15) is 0 Å². The summed E-state index contributed by atoms with van der Waals surface area (Å²) in [6.45, 7) is 0. The second kappa shape index (κ2) is 12.7. The minimum Gasteiger partial charge on any atom is -0.309 e. The molecule has 2 heteroatoms. The predicted molar refractivity (Wildman–Crippen MR) is 263 cm³/mol. The Morgan fingerprint density at radius 2 is 0.581 bits per heavy atom. The highest BCUT2D eigenvalue weighted by atomic mass is 15.0. The second-order valence-corrected chi connectivity index (χ2v) is 16.7. The second-order valence-electron chi connectivity index (χ2n) is 16.7. The van der Waals surface area contributed by atoms with E-state index in [0.29, 0.717) is 0 Å². The van der Waals surface area contributed by atoms with E-state index < -0.39 is 0 Å². The Kier molecular flexibility index (Phi) is 6.86. The molecule has 11 aromatic carbocycles. The molecular formula is C60H36N2. The molecule has 0 N–H and O–H groups in total. The first kappa shape index (κ1) is 33.6. The van der Waals surface area contributed by atoms with Crippen molar-refractivity contribution in [2.45, 2.75) is 0 Å². The minimum absolute atomic E-state index is 1.14. The molecule has 0 saturated carbocycles. The van der Waals surface area contributed by atoms with Crippen molar-refractivity contribution in [3.63, 3.8) is 0 Å². The maximum absolute atomic E-state index is 2.53. The normalized spacial score (nSPS) is 12.2. The van der Waals surface area contributed by atoms with E-state index in [2.05, 4.69) is 228 Å². The van der Waals surface area contributed by atoms with Gasteiger partial charge in [-0.3, -0.25) is 0 Å². The van der Waals surface area contributed by atoms with Crippen LogP contribution in [0.25, 0.3) is 132 Å². The van der Waals surface area contributed by atoms with Crippen LogP contribution in [0.5, 0.6) is 0 Å². The van der Waals surface area contributed by atoms with Crippen LogP contribution in [0.15, 0.2) is 218 Å². The molecule has 0 unspecified atom stereocenters. The summed E-state index contributed by atoms with van der Waals surface area (Å²) < 4.78 is 4.96. The molecule has 2 aromatic heterocycles. The molecule has 1 aliphatic carbocycles. The average molecular weight is 785 g/mol. The van der Waals surface area contributed by atoms with Gasteiger partial charge in [-0.05, 0) is 126 Å². The summed E-state index contributed by atoms with van der Waals surface area (Å²) >= 11 is 0. The lowest BCUT2D eigenvalue weighted by Crippen LogP contribution is -2.04. The zero-order valence-electron chi connectivity index (χ0n) is 33.7. The Hall–Kier alpha value is -8.20. The van der Waals surface area contributed by atoms with Gasteiger partial charge in [-0.2, -0.15) is 0 Å². The van der Waals surface area contributed by atoms with Crippen LogP contribution in [0.4, 0.5) is 0 Å². The van der Waals surface area contributed by atoms with Crippen LogP contribution in [-0.2, 0) is 0 Å². The molecule has 0 bridgehead atoms. The number of para-hydroxylation sites is 4. The van der Waals surface area contributed by atoms with Gasteiger partial charge in [0.15, 0.2) is 0 Å². The first-order valence-corrected chi connectivity index (χ1v) is 21.5. The van der Waals surface area contributed by atoms with E-state index >= 15 is 0 Å². The highest BCUT2D eigenvalue weighted by Gasteiger charge is 2.28. The number of nitrogens with zero attached hydrogens (tertiary/aromatic N) is 2. The summed E-state index contributed by atoms with van der Waals surface area (Å²) in [6, 6.07) is 81.5. The van der Waals surface area contributed by atoms with Crippen LogP contribution >= 0.6 is 0 Å². The van der Waals surface area contributed by atoms with E-state index in [-0.39, 0.29) is 0 Å². The lowest BCUT2D eigenvalue weighted by Gasteiger charge is -2.27. The van der Waals surface area contributed by atoms with Crippen LogP contribution in [0, 0.1) is 0 Å². The van der Waals surface area contributed by atoms with Crippen molar-refractivity contribution in [3.05, 3.63) is 218 Å². The van der Waals surface area contributed by atoms with Crippen molar-refractivity contribution in [2.75, 3.05) is 0 Å². The molecule has 1 aliphatic rings. The van der Waals surface area contributed by atoms with Crippen molar-refractivity contribution >= 4 is 75.9 Å². The van der Waals surface area contributed by atoms with Crippen LogP contribution < -0.4 is 0 Å². The first-order chi connectivity index (χ1) is 30.8. The van der Waals surface area contributed by atoms with E-state index in [1.54, 1.807) is 0 Å². The fourth-order valence-corrected chi connectivity index (χ4v) is 11.1. The number of aromatic nitrogens is 2. The van der Waals surface area contributed by atoms with E-state index in [1.807, 2.05) is 0 Å². The molecule has 0 aliphatic heterocycles. The van der Waals surface area contributed by atoms with Crippen LogP contribution in [0.2, 0.25) is 0 Å². The van der Waals surface area contributed by atoms with Crippen LogP contribution in [0.3, 0.4) is 0 Å². The van der Waals surface area contributed by atoms with Gasteiger partial charge in [-0.15, -0.1) is 0 Å². The molecular weight excluding hydrogens is 749 g/mol. The summed E-state index contributed by atoms with van der Waals surface area (Å²) in [6.07, 6.45) is 0. The van der Waals surface area contributed by atoms with E-state index in [4.69, 9.17) is 0 Å². The lowest BCUT2D eigenvalue weighted by molar-refractivity contribution is 1.18. The summed E-state index contributed by atoms with van der Waals surface area (Å²) in [5, 5.41) is 12.6. The maximum atomic E-state index is 2.53. The van der Waals surface area contributed by atoms with E-state index in [1.165, 1.54) is 126 Å². The highest BCUT2D eigenvalue weighted by molar-refractivity contribution is 6.27. The molecule has 2 heterocycles. The van der Waals surface area contributed by atoms with Gasteiger partial charge in [0.1, 0.15) is 0 Å². The molecule has 2 nitrogen and oxygen atoms in total. The summed E-state index contributed by atoms with van der Waals surface area (Å²) in [4.78, 5) is 0. The van der Waals surface area contributed by atoms with Crippen molar-refractivity contribution in [1.82, 2.24) is 9.13 Å². The third-order valence-electron chi connectivity index (χ3n) is 13.7. The molecule has 14 rings (SSSR count). The Bertz CT molecular complexity index is 3940. The Morgan fingerprint density at radius 3 is 1.11 bits per heavy atom. The standard InChI is InChI=1S/C60H36N2/c1-4-19-41-40(18-1)44-33-32-37(61-55-27-11-7-22-45(55)46-23-8-12-28-56(46)61)34-50(44)53-35-51-42-20-5-2-16-38(42)39-17-3-6-21-43(39)52(51)36-54(53)60-49(41)26-15-31-59(60)62-57-29-13-9-24-47(57)48-25-10-14-30-58(48)62/h1-36H. The quantitative estimate of drug-likeness (QED) is 0.155. The molecule has 62 heavy (non-hydrogen) atoms. The molecule has 0 saturated heterocycles. The van der Waals surface area contributed by atoms with Crippen LogP contribution in [-0.4, -0.2) is 9.13 Å². The number of hydrogen-bond acceptors (Lipinski definition) is 0. The van der Waals surface area contributed by atoms with Gasteiger partial charge >= 0.3 is 0 Å². The van der Waals surface area contributed by atoms with Gasteiger partial charge in [0.2, 0.25) is 0 Å². The number of benzene rings is 11. The molecule has 0 fully saturated rings. The Balaban J connectivity index is 1.19. The molecule has 0 radical (unpaired) electrons. The highest BCUT2D eigenvalue weighted by Crippen LogP contribution is 2.53. The minimum atomic E-state index is 1.14. The molecule has 13 aromatic rings. The van der Waals surface area contributed by atoms with E-state index in [0.717, 1.165) is 5.69 Å². The molecule has 0 atom stereocenters. The third kappa shape index (κ3) is 4.53. The SMILES string of the molecule is c1ccc2c(c1)-c1ccc(-n3c4ccccc4c4ccccc43)cc1-c1cc3c4ccccc4c4ccccc4c3cc1-c1c-2cccc1-n1c2ccccc2c2ccccc21. The number of hydrogen-bond donors (Lipinski definition) is 0.